The quantitative estimate of drug-likeness (QED) is 0.646. The van der Waals surface area contributed by atoms with E-state index in [1.165, 1.54) is 0 Å². The number of hydrogen-bond donors (Lipinski definition) is 1. The Labute approximate surface area is 98.8 Å². The van der Waals surface area contributed by atoms with Crippen LogP contribution in [0.2, 0.25) is 0 Å². The minimum atomic E-state index is -0.923. The number of aromatic carboxylic acids is 1. The second-order valence-corrected chi connectivity index (χ2v) is 3.86. The Morgan fingerprint density at radius 1 is 1.06 bits per heavy atom. The van der Waals surface area contributed by atoms with Gasteiger partial charge in [-0.05, 0) is 24.3 Å². The van der Waals surface area contributed by atoms with E-state index in [4.69, 9.17) is 5.11 Å². The molecule has 0 fully saturated rings. The molecule has 3 nitrogen and oxygen atoms in total. The number of hydrogen-bond acceptors (Lipinski definition) is 2. The van der Waals surface area contributed by atoms with E-state index in [1.54, 1.807) is 12.1 Å². The van der Waals surface area contributed by atoms with Crippen LogP contribution >= 0.6 is 0 Å². The highest BCUT2D eigenvalue weighted by molar-refractivity contribution is 6.05. The van der Waals surface area contributed by atoms with Gasteiger partial charge in [0.25, 0.3) is 0 Å². The predicted octanol–water partition coefficient (Wildman–Crippen LogP) is 3.33. The number of pyridine rings is 1. The van der Waals surface area contributed by atoms with Crippen LogP contribution in [0.4, 0.5) is 0 Å². The molecule has 0 aliphatic heterocycles. The molecule has 0 spiro atoms. The second-order valence-electron chi connectivity index (χ2n) is 3.86. The lowest BCUT2D eigenvalue weighted by atomic mass is 10.1. The first kappa shape index (κ1) is 9.78. The topological polar surface area (TPSA) is 50.2 Å². The molecule has 0 saturated carbocycles. The van der Waals surface area contributed by atoms with Gasteiger partial charge in [-0.1, -0.05) is 24.3 Å². The molecule has 0 unspecified atom stereocenters. The second kappa shape index (κ2) is 3.56. The van der Waals surface area contributed by atoms with Crippen molar-refractivity contribution < 1.29 is 11.3 Å². The monoisotopic (exact) mass is 225 g/mol. The molecular formula is C14H11NO2. The summed E-state index contributed by atoms with van der Waals surface area (Å²) in [6, 6.07) is 14.7. The van der Waals surface area contributed by atoms with Crippen molar-refractivity contribution in [2.45, 2.75) is 0 Å². The summed E-state index contributed by atoms with van der Waals surface area (Å²) in [6.45, 7) is 0. The minimum Gasteiger partial charge on any atom is -0.478 e. The van der Waals surface area contributed by atoms with Gasteiger partial charge < -0.3 is 5.11 Å². The Bertz CT molecular complexity index is 740. The molecule has 2 aromatic carbocycles. The Morgan fingerprint density at radius 3 is 2.65 bits per heavy atom. The fourth-order valence-electron chi connectivity index (χ4n) is 1.99. The van der Waals surface area contributed by atoms with Gasteiger partial charge in [0, 0.05) is 12.2 Å². The van der Waals surface area contributed by atoms with Gasteiger partial charge in [-0.3, -0.25) is 0 Å². The predicted molar refractivity (Wildman–Crippen MR) is 68.3 cm³/mol. The molecule has 3 heteroatoms. The summed E-state index contributed by atoms with van der Waals surface area (Å²) in [7, 11) is 0. The normalized spacial score (nSPS) is 10.8. The Morgan fingerprint density at radius 2 is 1.82 bits per heavy atom. The van der Waals surface area contributed by atoms with Gasteiger partial charge in [0.2, 0.25) is 0 Å². The lowest BCUT2D eigenvalue weighted by Gasteiger charge is -2.04. The molecule has 1 aromatic heterocycles. The van der Waals surface area contributed by atoms with E-state index in [1.807, 2.05) is 36.4 Å². The van der Waals surface area contributed by atoms with E-state index in [2.05, 4.69) is 4.98 Å². The van der Waals surface area contributed by atoms with E-state index in [0.717, 1.165) is 10.9 Å². The van der Waals surface area contributed by atoms with E-state index >= 15 is 0 Å². The number of nitrogens with zero attached hydrogens (tertiary/aromatic N) is 1. The molecule has 84 valence electrons. The lowest BCUT2D eigenvalue weighted by molar-refractivity contribution is 0.0699. The van der Waals surface area contributed by atoms with E-state index in [9.17, 15) is 4.79 Å². The van der Waals surface area contributed by atoms with Crippen LogP contribution in [0.15, 0.2) is 48.5 Å². The molecule has 0 atom stereocenters. The number of aromatic nitrogens is 1. The number of para-hydroxylation sites is 1. The molecule has 1 heterocycles. The Balaban J connectivity index is 0.00000120. The lowest BCUT2D eigenvalue weighted by Crippen LogP contribution is -1.97. The molecule has 17 heavy (non-hydrogen) atoms. The van der Waals surface area contributed by atoms with Crippen molar-refractivity contribution in [2.24, 2.45) is 0 Å². The molecule has 0 aliphatic rings. The van der Waals surface area contributed by atoms with Crippen molar-refractivity contribution in [1.82, 2.24) is 4.98 Å². The zero-order valence-electron chi connectivity index (χ0n) is 8.92. The molecule has 1 N–H and O–H groups in total. The van der Waals surface area contributed by atoms with Crippen molar-refractivity contribution >= 4 is 27.8 Å². The van der Waals surface area contributed by atoms with Gasteiger partial charge in [-0.25, -0.2) is 9.78 Å². The number of benzene rings is 2. The number of carbonyl (C=O) groups is 1. The SMILES string of the molecule is O=C(O)c1cccc2nc3ccccc3cc12.[HH]. The van der Waals surface area contributed by atoms with Crippen molar-refractivity contribution in [1.29, 1.82) is 0 Å². The summed E-state index contributed by atoms with van der Waals surface area (Å²) < 4.78 is 0. The standard InChI is InChI=1S/C14H9NO2.H2/c16-14(17)10-5-3-7-13-11(10)8-9-4-1-2-6-12(9)15-13;/h1-8H,(H,16,17);1H. The highest BCUT2D eigenvalue weighted by atomic mass is 16.4. The zero-order valence-corrected chi connectivity index (χ0v) is 8.92. The van der Waals surface area contributed by atoms with Crippen LogP contribution in [0.1, 0.15) is 11.8 Å². The van der Waals surface area contributed by atoms with Gasteiger partial charge in [0.05, 0.1) is 16.6 Å². The minimum absolute atomic E-state index is 0. The third kappa shape index (κ3) is 1.52. The van der Waals surface area contributed by atoms with Crippen molar-refractivity contribution in [3.8, 4) is 0 Å². The van der Waals surface area contributed by atoms with E-state index in [0.29, 0.717) is 16.5 Å². The Kier molecular flexibility index (Phi) is 2.05. The maximum atomic E-state index is 11.1. The van der Waals surface area contributed by atoms with Crippen molar-refractivity contribution in [3.63, 3.8) is 0 Å². The van der Waals surface area contributed by atoms with Crippen molar-refractivity contribution in [3.05, 3.63) is 54.1 Å². The molecule has 3 rings (SSSR count). The zero-order chi connectivity index (χ0) is 11.8. The summed E-state index contributed by atoms with van der Waals surface area (Å²) in [5.74, 6) is -0.923. The highest BCUT2D eigenvalue weighted by Crippen LogP contribution is 2.22. The van der Waals surface area contributed by atoms with Gasteiger partial charge in [-0.15, -0.1) is 0 Å². The van der Waals surface area contributed by atoms with Crippen LogP contribution in [-0.2, 0) is 0 Å². The molecule has 0 amide bonds. The van der Waals surface area contributed by atoms with Crippen LogP contribution in [0, 0.1) is 0 Å². The first-order chi connectivity index (χ1) is 8.25. The Hall–Kier alpha value is -2.42. The number of carboxylic acids is 1. The summed E-state index contributed by atoms with van der Waals surface area (Å²) in [6.07, 6.45) is 0. The number of carboxylic acid groups (broad SMARTS) is 1. The van der Waals surface area contributed by atoms with Crippen molar-refractivity contribution in [2.75, 3.05) is 0 Å². The average molecular weight is 225 g/mol. The van der Waals surface area contributed by atoms with Gasteiger partial charge in [0.15, 0.2) is 0 Å². The maximum Gasteiger partial charge on any atom is 0.336 e. The smallest absolute Gasteiger partial charge is 0.336 e. The largest absolute Gasteiger partial charge is 0.478 e. The van der Waals surface area contributed by atoms with Crippen LogP contribution in [-0.4, -0.2) is 16.1 Å². The molecular weight excluding hydrogens is 214 g/mol. The molecule has 0 radical (unpaired) electrons. The number of fused-ring (bicyclic) bond motifs is 2. The number of rotatable bonds is 1. The van der Waals surface area contributed by atoms with Gasteiger partial charge in [0.1, 0.15) is 0 Å². The molecule has 0 saturated heterocycles. The summed E-state index contributed by atoms with van der Waals surface area (Å²) in [5, 5.41) is 10.8. The maximum absolute atomic E-state index is 11.1. The van der Waals surface area contributed by atoms with Gasteiger partial charge in [-0.2, -0.15) is 0 Å². The summed E-state index contributed by atoms with van der Waals surface area (Å²) in [4.78, 5) is 15.6. The highest BCUT2D eigenvalue weighted by Gasteiger charge is 2.09. The van der Waals surface area contributed by atoms with E-state index in [-0.39, 0.29) is 1.43 Å². The molecule has 0 bridgehead atoms. The first-order valence-corrected chi connectivity index (χ1v) is 5.27. The molecule has 3 aromatic rings. The van der Waals surface area contributed by atoms with E-state index < -0.39 is 5.97 Å². The summed E-state index contributed by atoms with van der Waals surface area (Å²) in [5.41, 5.74) is 1.88. The van der Waals surface area contributed by atoms with Crippen LogP contribution < -0.4 is 0 Å². The summed E-state index contributed by atoms with van der Waals surface area (Å²) >= 11 is 0. The fraction of sp³-hybridized carbons (Fsp3) is 0. The molecule has 0 aliphatic carbocycles. The fourth-order valence-corrected chi connectivity index (χ4v) is 1.99. The van der Waals surface area contributed by atoms with Gasteiger partial charge >= 0.3 is 5.97 Å². The third-order valence-electron chi connectivity index (χ3n) is 2.79. The average Bonchev–Trinajstić information content (AvgIpc) is 2.35. The third-order valence-corrected chi connectivity index (χ3v) is 2.79. The van der Waals surface area contributed by atoms with Crippen LogP contribution in [0.5, 0.6) is 0 Å². The van der Waals surface area contributed by atoms with Crippen LogP contribution in [0.3, 0.4) is 0 Å². The van der Waals surface area contributed by atoms with Crippen LogP contribution in [0.25, 0.3) is 21.8 Å². The first-order valence-electron chi connectivity index (χ1n) is 5.27.